The minimum Gasteiger partial charge on any atom is -0.310 e. The van der Waals surface area contributed by atoms with Crippen LogP contribution in [-0.2, 0) is 17.1 Å². The Balaban J connectivity index is 0.000000562. The molecule has 0 aromatic heterocycles. The van der Waals surface area contributed by atoms with Crippen LogP contribution in [0.2, 0.25) is 0 Å². The number of unbranched alkanes of at least 4 members (excludes halogenated alkanes) is 5. The van der Waals surface area contributed by atoms with Crippen molar-refractivity contribution in [2.75, 3.05) is 0 Å². The maximum Gasteiger partial charge on any atom is 2.00 e. The van der Waals surface area contributed by atoms with Crippen LogP contribution >= 0.6 is 0 Å². The first-order valence-electron chi connectivity index (χ1n) is 7.76. The Morgan fingerprint density at radius 3 is 2.14 bits per heavy atom. The Morgan fingerprint density at radius 1 is 0.952 bits per heavy atom. The summed E-state index contributed by atoms with van der Waals surface area (Å²) < 4.78 is 0. The zero-order valence-corrected chi connectivity index (χ0v) is 14.0. The first kappa shape index (κ1) is 19.9. The van der Waals surface area contributed by atoms with Crippen LogP contribution in [-0.4, -0.2) is 5.78 Å². The molecule has 21 heavy (non-hydrogen) atoms. The molecule has 0 amide bonds. The third kappa shape index (κ3) is 10.3. The van der Waals surface area contributed by atoms with Crippen molar-refractivity contribution in [3.63, 3.8) is 0 Å². The molecule has 0 saturated carbocycles. The van der Waals surface area contributed by atoms with E-state index in [2.05, 4.69) is 6.92 Å². The molecular formula is C19H26FeO. The van der Waals surface area contributed by atoms with Crippen LogP contribution in [0.4, 0.5) is 0 Å². The average Bonchev–Trinajstić information content (AvgIpc) is 3.18. The zero-order valence-electron chi connectivity index (χ0n) is 12.9. The van der Waals surface area contributed by atoms with Gasteiger partial charge in [-0.3, -0.25) is 0 Å². The fraction of sp³-hybridized carbons (Fsp3) is 0.421. The van der Waals surface area contributed by atoms with Gasteiger partial charge in [-0.2, -0.15) is 36.4 Å². The summed E-state index contributed by atoms with van der Waals surface area (Å²) in [6.07, 6.45) is 8.18. The average molecular weight is 326 g/mol. The second-order valence-electron chi connectivity index (χ2n) is 5.08. The number of rotatable bonds is 8. The van der Waals surface area contributed by atoms with E-state index >= 15 is 0 Å². The molecule has 0 bridgehead atoms. The molecule has 2 aromatic rings. The fourth-order valence-electron chi connectivity index (χ4n) is 2.09. The summed E-state index contributed by atoms with van der Waals surface area (Å²) in [6.45, 7) is 2.22. The molecule has 0 radical (unpaired) electrons. The van der Waals surface area contributed by atoms with Gasteiger partial charge in [-0.05, 0) is 12.8 Å². The molecule has 2 rings (SSSR count). The van der Waals surface area contributed by atoms with Gasteiger partial charge in [0.05, 0.1) is 5.78 Å². The molecule has 116 valence electrons. The predicted molar refractivity (Wildman–Crippen MR) is 86.4 cm³/mol. The number of hydrogen-bond acceptors (Lipinski definition) is 1. The number of carbonyl (C=O) groups excluding carboxylic acids is 1. The third-order valence-electron chi connectivity index (χ3n) is 3.30. The van der Waals surface area contributed by atoms with E-state index in [4.69, 9.17) is 0 Å². The van der Waals surface area contributed by atoms with E-state index in [9.17, 15) is 4.79 Å². The fourth-order valence-corrected chi connectivity index (χ4v) is 2.09. The van der Waals surface area contributed by atoms with Gasteiger partial charge in [-0.25, -0.2) is 18.2 Å². The molecule has 0 saturated heterocycles. The molecule has 0 aliphatic rings. The van der Waals surface area contributed by atoms with Crippen molar-refractivity contribution < 1.29 is 21.9 Å². The van der Waals surface area contributed by atoms with Crippen LogP contribution in [0.15, 0.2) is 54.6 Å². The van der Waals surface area contributed by atoms with E-state index in [0.29, 0.717) is 5.78 Å². The van der Waals surface area contributed by atoms with Crippen molar-refractivity contribution in [2.45, 2.75) is 51.9 Å². The summed E-state index contributed by atoms with van der Waals surface area (Å²) in [7, 11) is 0. The van der Waals surface area contributed by atoms with Gasteiger partial charge in [-0.15, -0.1) is 5.56 Å². The van der Waals surface area contributed by atoms with Gasteiger partial charge >= 0.3 is 17.1 Å². The topological polar surface area (TPSA) is 17.1 Å². The van der Waals surface area contributed by atoms with Gasteiger partial charge in [0.1, 0.15) is 0 Å². The minimum absolute atomic E-state index is 0. The van der Waals surface area contributed by atoms with Crippen LogP contribution in [0.1, 0.15) is 62.2 Å². The number of hydrogen-bond donors (Lipinski definition) is 0. The van der Waals surface area contributed by atoms with Gasteiger partial charge < -0.3 is 4.79 Å². The smallest absolute Gasteiger partial charge is 0.310 e. The molecule has 0 fully saturated rings. The van der Waals surface area contributed by atoms with Crippen LogP contribution in [0.3, 0.4) is 0 Å². The molecule has 2 aromatic carbocycles. The molecule has 0 heterocycles. The minimum atomic E-state index is 0. The van der Waals surface area contributed by atoms with Crippen LogP contribution in [0.5, 0.6) is 0 Å². The first-order valence-corrected chi connectivity index (χ1v) is 7.76. The Labute approximate surface area is 140 Å². The van der Waals surface area contributed by atoms with E-state index < -0.39 is 0 Å². The Morgan fingerprint density at radius 2 is 1.62 bits per heavy atom. The van der Waals surface area contributed by atoms with Crippen molar-refractivity contribution in [2.24, 2.45) is 0 Å². The Bertz CT molecular complexity index is 397. The molecule has 2 heteroatoms. The number of Topliss-reactive ketones (excluding diaryl/α,β-unsaturated/α-hetero) is 1. The van der Waals surface area contributed by atoms with Crippen LogP contribution in [0.25, 0.3) is 0 Å². The number of ketones is 1. The third-order valence-corrected chi connectivity index (χ3v) is 3.30. The molecular weight excluding hydrogens is 300 g/mol. The second kappa shape index (κ2) is 13.9. The van der Waals surface area contributed by atoms with E-state index in [0.717, 1.165) is 18.4 Å². The van der Waals surface area contributed by atoms with E-state index in [1.165, 1.54) is 32.1 Å². The Hall–Kier alpha value is -1.11. The van der Waals surface area contributed by atoms with Gasteiger partial charge in [0.25, 0.3) is 0 Å². The van der Waals surface area contributed by atoms with Crippen molar-refractivity contribution in [3.05, 3.63) is 60.2 Å². The molecule has 0 aliphatic heterocycles. The van der Waals surface area contributed by atoms with E-state index in [1.54, 1.807) is 0 Å². The maximum atomic E-state index is 11.6. The summed E-state index contributed by atoms with van der Waals surface area (Å²) >= 11 is 0. The van der Waals surface area contributed by atoms with Crippen molar-refractivity contribution in [3.8, 4) is 0 Å². The van der Waals surface area contributed by atoms with Crippen LogP contribution in [0, 0.1) is 0 Å². The molecule has 0 aliphatic carbocycles. The van der Waals surface area contributed by atoms with Crippen LogP contribution < -0.4 is 0 Å². The maximum absolute atomic E-state index is 11.6. The van der Waals surface area contributed by atoms with Gasteiger partial charge in [0, 0.05) is 0 Å². The first-order chi connectivity index (χ1) is 9.84. The predicted octanol–water partition coefficient (Wildman–Crippen LogP) is 5.74. The molecule has 0 spiro atoms. The van der Waals surface area contributed by atoms with Gasteiger partial charge in [0.2, 0.25) is 0 Å². The Kier molecular flexibility index (Phi) is 13.1. The summed E-state index contributed by atoms with van der Waals surface area (Å²) in [6, 6.07) is 17.7. The quantitative estimate of drug-likeness (QED) is 0.261. The van der Waals surface area contributed by atoms with Gasteiger partial charge in [-0.1, -0.05) is 39.0 Å². The summed E-state index contributed by atoms with van der Waals surface area (Å²) in [5, 5.41) is 0. The van der Waals surface area contributed by atoms with Crippen molar-refractivity contribution in [1.82, 2.24) is 0 Å². The second-order valence-corrected chi connectivity index (χ2v) is 5.08. The van der Waals surface area contributed by atoms with Crippen molar-refractivity contribution >= 4 is 5.78 Å². The summed E-state index contributed by atoms with van der Waals surface area (Å²) in [5.74, 6) is 0.301. The molecule has 0 atom stereocenters. The molecule has 0 unspecified atom stereocenters. The number of carbonyl (C=O) groups is 1. The standard InChI is InChI=1S/C14H21O.C5H5.Fe/c1-2-3-4-5-6-7-12-14(15)13-10-8-9-11-13;1-2-4-5-3-1;/h8-11H,2-7,12H2,1H3;1-5H;/q2*-1;+2. The van der Waals surface area contributed by atoms with Gasteiger partial charge in [0.15, 0.2) is 0 Å². The summed E-state index contributed by atoms with van der Waals surface area (Å²) in [5.41, 5.74) is 0.878. The van der Waals surface area contributed by atoms with Crippen molar-refractivity contribution in [1.29, 1.82) is 0 Å². The summed E-state index contributed by atoms with van der Waals surface area (Å²) in [4.78, 5) is 11.6. The SMILES string of the molecule is CCCCCCCCC(=O)c1cc[cH-]c1.[Fe+2].c1cc[cH-]c1. The van der Waals surface area contributed by atoms with E-state index in [1.807, 2.05) is 54.6 Å². The molecule has 1 nitrogen and oxygen atoms in total. The largest absolute Gasteiger partial charge is 2.00 e. The normalized spacial score (nSPS) is 9.38. The monoisotopic (exact) mass is 326 g/mol. The zero-order chi connectivity index (χ0) is 14.5. The van der Waals surface area contributed by atoms with E-state index in [-0.39, 0.29) is 17.1 Å². The molecule has 0 N–H and O–H groups in total.